The van der Waals surface area contributed by atoms with E-state index in [1.54, 1.807) is 0 Å². The normalized spacial score (nSPS) is 15.1. The van der Waals surface area contributed by atoms with Crippen LogP contribution in [0.15, 0.2) is 48.8 Å². The number of hydrogen-bond acceptors (Lipinski definition) is 3. The van der Waals surface area contributed by atoms with E-state index in [9.17, 15) is 0 Å². The number of allylic oxidation sites excluding steroid dienone is 2. The van der Waals surface area contributed by atoms with Crippen molar-refractivity contribution in [1.82, 2.24) is 10.3 Å². The molecule has 2 nitrogen and oxygen atoms in total. The summed E-state index contributed by atoms with van der Waals surface area (Å²) >= 11 is 13.1. The van der Waals surface area contributed by atoms with E-state index < -0.39 is 0 Å². The standard InChI is InChI=1S/C5H7NS.C5H5NS.I2.HI/c2*7-5-3-1-2-4-6-5;1-2;/h1-7H;1-4H,(H,6,7);;1H. The summed E-state index contributed by atoms with van der Waals surface area (Å²) in [6, 6.07) is 5.64. The number of pyridine rings is 1. The van der Waals surface area contributed by atoms with E-state index in [1.165, 1.54) is 0 Å². The maximum Gasteiger partial charge on any atom is 0.103 e. The molecule has 1 aromatic heterocycles. The number of aromatic nitrogens is 1. The minimum Gasteiger partial charge on any atom is -0.376 e. The first kappa shape index (κ1) is 20.5. The third-order valence-corrected chi connectivity index (χ3v) is 2.02. The van der Waals surface area contributed by atoms with E-state index in [1.807, 2.05) is 48.8 Å². The Balaban J connectivity index is 0. The number of hydrogen-bond donors (Lipinski definition) is 3. The highest BCUT2D eigenvalue weighted by Gasteiger charge is 1.91. The summed E-state index contributed by atoms with van der Waals surface area (Å²) < 4.78 is 0.780. The highest BCUT2D eigenvalue weighted by molar-refractivity contribution is 15.0. The molecule has 0 saturated carbocycles. The summed E-state index contributed by atoms with van der Waals surface area (Å²) in [6.45, 7) is 0. The Morgan fingerprint density at radius 3 is 2.18 bits per heavy atom. The van der Waals surface area contributed by atoms with Crippen LogP contribution < -0.4 is 5.32 Å². The van der Waals surface area contributed by atoms with Crippen molar-refractivity contribution in [2.24, 2.45) is 0 Å². The van der Waals surface area contributed by atoms with E-state index in [0.717, 1.165) is 4.64 Å². The zero-order valence-electron chi connectivity index (χ0n) is 8.72. The average molecular weight is 606 g/mol. The van der Waals surface area contributed by atoms with Crippen molar-refractivity contribution < 1.29 is 0 Å². The van der Waals surface area contributed by atoms with Crippen LogP contribution in [0.2, 0.25) is 0 Å². The number of rotatable bonds is 0. The number of aromatic amines is 1. The van der Waals surface area contributed by atoms with Crippen molar-refractivity contribution in [1.29, 1.82) is 0 Å². The van der Waals surface area contributed by atoms with Gasteiger partial charge < -0.3 is 10.3 Å². The quantitative estimate of drug-likeness (QED) is 0.220. The first-order valence-corrected chi connectivity index (χ1v) is 11.6. The maximum absolute atomic E-state index is 4.76. The molecule has 0 fully saturated rings. The molecule has 2 rings (SSSR count). The monoisotopic (exact) mass is 606 g/mol. The first-order chi connectivity index (χ1) is 7.79. The molecule has 0 amide bonds. The molecule has 1 aliphatic heterocycles. The van der Waals surface area contributed by atoms with Crippen molar-refractivity contribution in [3.05, 3.63) is 53.5 Å². The smallest absolute Gasteiger partial charge is 0.103 e. The molecule has 17 heavy (non-hydrogen) atoms. The van der Waals surface area contributed by atoms with Crippen molar-refractivity contribution in [3.63, 3.8) is 0 Å². The highest BCUT2D eigenvalue weighted by atomic mass is 128. The lowest BCUT2D eigenvalue weighted by Gasteiger charge is -2.06. The second kappa shape index (κ2) is 15.2. The highest BCUT2D eigenvalue weighted by Crippen LogP contribution is 1.96. The SMILES string of the molecule is I.II.S=c1cccc[nH]1.SC1C=CC=CN1. The molecule has 0 aliphatic carbocycles. The zero-order valence-corrected chi connectivity index (χ0v) is 17.1. The second-order valence-electron chi connectivity index (χ2n) is 2.58. The van der Waals surface area contributed by atoms with Gasteiger partial charge in [0.05, 0.1) is 5.37 Å². The second-order valence-corrected chi connectivity index (χ2v) is 3.58. The predicted octanol–water partition coefficient (Wildman–Crippen LogP) is 5.05. The van der Waals surface area contributed by atoms with Crippen LogP contribution >= 0.6 is 86.1 Å². The molecular weight excluding hydrogens is 593 g/mol. The molecule has 0 saturated heterocycles. The molecule has 7 heteroatoms. The molecular formula is C10H13I3N2S2. The van der Waals surface area contributed by atoms with Gasteiger partial charge in [-0.2, -0.15) is 12.6 Å². The maximum atomic E-state index is 4.76. The number of dihydropyridines is 1. The van der Waals surface area contributed by atoms with Gasteiger partial charge >= 0.3 is 0 Å². The van der Waals surface area contributed by atoms with Gasteiger partial charge in [0, 0.05) is 43.4 Å². The van der Waals surface area contributed by atoms with Gasteiger partial charge in [0.1, 0.15) is 4.64 Å². The summed E-state index contributed by atoms with van der Waals surface area (Å²) in [5.41, 5.74) is 0. The fourth-order valence-electron chi connectivity index (χ4n) is 0.812. The summed E-state index contributed by atoms with van der Waals surface area (Å²) in [6.07, 6.45) is 9.56. The molecule has 0 spiro atoms. The van der Waals surface area contributed by atoms with Gasteiger partial charge in [0.25, 0.3) is 0 Å². The van der Waals surface area contributed by atoms with Crippen LogP contribution in [0.25, 0.3) is 0 Å². The molecule has 1 atom stereocenters. The van der Waals surface area contributed by atoms with Gasteiger partial charge in [0.15, 0.2) is 0 Å². The van der Waals surface area contributed by atoms with Gasteiger partial charge in [0.2, 0.25) is 0 Å². The van der Waals surface area contributed by atoms with E-state index in [4.69, 9.17) is 12.2 Å². The summed E-state index contributed by atoms with van der Waals surface area (Å²) in [7, 11) is 0. The molecule has 2 N–H and O–H groups in total. The molecule has 1 aromatic rings. The first-order valence-electron chi connectivity index (χ1n) is 4.34. The molecule has 0 bridgehead atoms. The minimum atomic E-state index is 0. The number of thiol groups is 1. The lowest BCUT2D eigenvalue weighted by Crippen LogP contribution is -2.16. The van der Waals surface area contributed by atoms with Crippen LogP contribution in [0.5, 0.6) is 0 Å². The van der Waals surface area contributed by atoms with Gasteiger partial charge in [-0.25, -0.2) is 0 Å². The zero-order chi connectivity index (χ0) is 12.2. The molecule has 0 aromatic carbocycles. The summed E-state index contributed by atoms with van der Waals surface area (Å²) in [5, 5.41) is 3.19. The molecule has 0 radical (unpaired) electrons. The summed E-state index contributed by atoms with van der Waals surface area (Å²) in [4.78, 5) is 2.85. The Bertz CT molecular complexity index is 362. The third-order valence-electron chi connectivity index (χ3n) is 1.45. The fraction of sp³-hybridized carbons (Fsp3) is 0.100. The topological polar surface area (TPSA) is 27.8 Å². The Morgan fingerprint density at radius 1 is 1.24 bits per heavy atom. The molecule has 1 unspecified atom stereocenters. The van der Waals surface area contributed by atoms with Gasteiger partial charge in [-0.15, -0.1) is 24.0 Å². The molecule has 2 heterocycles. The Kier molecular flexibility index (Phi) is 18.4. The van der Waals surface area contributed by atoms with Crippen molar-refractivity contribution >= 4 is 86.1 Å². The minimum absolute atomic E-state index is 0. The number of nitrogens with one attached hydrogen (secondary N) is 2. The van der Waals surface area contributed by atoms with Crippen LogP contribution in [-0.4, -0.2) is 10.4 Å². The van der Waals surface area contributed by atoms with E-state index in [0.29, 0.717) is 0 Å². The van der Waals surface area contributed by atoms with Crippen LogP contribution in [-0.2, 0) is 0 Å². The van der Waals surface area contributed by atoms with Crippen molar-refractivity contribution in [3.8, 4) is 0 Å². The Hall–Kier alpha value is 1.19. The van der Waals surface area contributed by atoms with Crippen LogP contribution in [0.4, 0.5) is 0 Å². The number of H-pyrrole nitrogens is 1. The fourth-order valence-corrected chi connectivity index (χ4v) is 1.14. The Labute approximate surface area is 153 Å². The molecule has 1 aliphatic rings. The van der Waals surface area contributed by atoms with Crippen LogP contribution in [0.1, 0.15) is 0 Å². The largest absolute Gasteiger partial charge is 0.376 e. The summed E-state index contributed by atoms with van der Waals surface area (Å²) in [5.74, 6) is 0. The lowest BCUT2D eigenvalue weighted by atomic mass is 10.4. The predicted molar refractivity (Wildman–Crippen MR) is 109 cm³/mol. The van der Waals surface area contributed by atoms with Crippen LogP contribution in [0.3, 0.4) is 0 Å². The van der Waals surface area contributed by atoms with E-state index in [2.05, 4.69) is 60.2 Å². The Morgan fingerprint density at radius 2 is 1.94 bits per heavy atom. The van der Waals surface area contributed by atoms with E-state index >= 15 is 0 Å². The van der Waals surface area contributed by atoms with Crippen LogP contribution in [0, 0.1) is 4.64 Å². The number of halogens is 3. The van der Waals surface area contributed by atoms with Gasteiger partial charge in [-0.3, -0.25) is 0 Å². The lowest BCUT2D eigenvalue weighted by molar-refractivity contribution is 0.919. The van der Waals surface area contributed by atoms with Crippen molar-refractivity contribution in [2.75, 3.05) is 0 Å². The average Bonchev–Trinajstić information content (AvgIpc) is 2.34. The van der Waals surface area contributed by atoms with Gasteiger partial charge in [-0.1, -0.05) is 30.4 Å². The third kappa shape index (κ3) is 13.4. The van der Waals surface area contributed by atoms with Gasteiger partial charge in [-0.05, 0) is 24.4 Å². The van der Waals surface area contributed by atoms with Crippen molar-refractivity contribution in [2.45, 2.75) is 5.37 Å². The molecule has 96 valence electrons. The van der Waals surface area contributed by atoms with E-state index in [-0.39, 0.29) is 29.4 Å².